The Balaban J connectivity index is 2.42. The van der Waals surface area contributed by atoms with Crippen molar-refractivity contribution in [2.45, 2.75) is 6.92 Å². The molecule has 0 fully saturated rings. The van der Waals surface area contributed by atoms with E-state index in [2.05, 4.69) is 22.5 Å². The Morgan fingerprint density at radius 1 is 1.00 bits per heavy atom. The first-order valence-electron chi connectivity index (χ1n) is 6.88. The van der Waals surface area contributed by atoms with Gasteiger partial charge in [-0.15, -0.1) is 0 Å². The van der Waals surface area contributed by atoms with E-state index in [1.807, 2.05) is 42.5 Å². The number of halogens is 1. The lowest BCUT2D eigenvalue weighted by Gasteiger charge is -2.09. The van der Waals surface area contributed by atoms with Crippen LogP contribution in [0.4, 0.5) is 0 Å². The van der Waals surface area contributed by atoms with Crippen molar-refractivity contribution in [3.8, 4) is 11.5 Å². The smallest absolute Gasteiger partial charge is 0.131 e. The third kappa shape index (κ3) is 2.38. The van der Waals surface area contributed by atoms with Crippen LogP contribution in [-0.4, -0.2) is 10.2 Å². The first-order valence-corrected chi connectivity index (χ1v) is 7.68. The fourth-order valence-electron chi connectivity index (χ4n) is 2.62. The van der Waals surface area contributed by atoms with Gasteiger partial charge >= 0.3 is 0 Å². The fraction of sp³-hybridized carbons (Fsp3) is 0.0526. The van der Waals surface area contributed by atoms with Gasteiger partial charge in [0.05, 0.1) is 0 Å². The van der Waals surface area contributed by atoms with Crippen molar-refractivity contribution in [3.05, 3.63) is 68.5 Å². The molecule has 0 bridgehead atoms. The summed E-state index contributed by atoms with van der Waals surface area (Å²) in [7, 11) is 0. The number of rotatable bonds is 1. The molecule has 0 saturated carbocycles. The maximum absolute atomic E-state index is 10.7. The summed E-state index contributed by atoms with van der Waals surface area (Å²) in [6, 6.07) is 13.2. The summed E-state index contributed by atoms with van der Waals surface area (Å²) in [5, 5.41) is 23.6. The maximum Gasteiger partial charge on any atom is 0.131 e. The van der Waals surface area contributed by atoms with E-state index in [0.717, 1.165) is 10.0 Å². The second kappa shape index (κ2) is 5.50. The number of fused-ring (bicyclic) bond motifs is 1. The molecule has 3 aromatic rings. The molecule has 0 aliphatic rings. The molecule has 3 rings (SSSR count). The monoisotopic (exact) mass is 354 g/mol. The molecular weight excluding hydrogens is 340 g/mol. The second-order valence-corrected chi connectivity index (χ2v) is 6.19. The first-order chi connectivity index (χ1) is 10.5. The van der Waals surface area contributed by atoms with Crippen LogP contribution in [0.5, 0.6) is 11.5 Å². The van der Waals surface area contributed by atoms with Crippen LogP contribution in [0.2, 0.25) is 0 Å². The van der Waals surface area contributed by atoms with E-state index < -0.39 is 0 Å². The van der Waals surface area contributed by atoms with Crippen LogP contribution in [0.15, 0.2) is 46.9 Å². The summed E-state index contributed by atoms with van der Waals surface area (Å²) < 4.78 is 0.993. The van der Waals surface area contributed by atoms with Gasteiger partial charge in [0.2, 0.25) is 0 Å². The van der Waals surface area contributed by atoms with E-state index >= 15 is 0 Å². The maximum atomic E-state index is 10.7. The van der Waals surface area contributed by atoms with Gasteiger partial charge in [-0.25, -0.2) is 0 Å². The van der Waals surface area contributed by atoms with Gasteiger partial charge in [0.1, 0.15) is 11.5 Å². The van der Waals surface area contributed by atoms with E-state index in [1.54, 1.807) is 13.0 Å². The third-order valence-electron chi connectivity index (χ3n) is 3.84. The normalized spacial score (nSPS) is 12.0. The number of phenols is 2. The molecule has 0 amide bonds. The highest BCUT2D eigenvalue weighted by atomic mass is 79.9. The average Bonchev–Trinajstić information content (AvgIpc) is 2.51. The molecule has 3 heteroatoms. The molecule has 0 spiro atoms. The highest BCUT2D eigenvalue weighted by Gasteiger charge is 2.12. The highest BCUT2D eigenvalue weighted by Crippen LogP contribution is 2.29. The molecule has 2 nitrogen and oxygen atoms in total. The van der Waals surface area contributed by atoms with E-state index in [-0.39, 0.29) is 11.5 Å². The van der Waals surface area contributed by atoms with E-state index in [0.29, 0.717) is 26.8 Å². The van der Waals surface area contributed by atoms with Gasteiger partial charge in [0, 0.05) is 26.0 Å². The summed E-state index contributed by atoms with van der Waals surface area (Å²) >= 11 is 3.40. The minimum absolute atomic E-state index is 0.152. The van der Waals surface area contributed by atoms with Crippen LogP contribution in [0, 0.1) is 6.92 Å². The summed E-state index contributed by atoms with van der Waals surface area (Å²) in [6.45, 7) is 5.75. The van der Waals surface area contributed by atoms with Crippen molar-refractivity contribution in [2.75, 3.05) is 0 Å². The Kier molecular flexibility index (Phi) is 3.67. The van der Waals surface area contributed by atoms with Crippen LogP contribution < -0.4 is 10.4 Å². The Morgan fingerprint density at radius 3 is 2.36 bits per heavy atom. The van der Waals surface area contributed by atoms with Gasteiger partial charge in [-0.2, -0.15) is 0 Å². The Bertz CT molecular complexity index is 973. The predicted molar refractivity (Wildman–Crippen MR) is 94.5 cm³/mol. The number of hydrogen-bond donors (Lipinski definition) is 2. The summed E-state index contributed by atoms with van der Waals surface area (Å²) in [5.74, 6) is 0.334. The SMILES string of the molecule is C=c1cccc2c(O)c(C)c(=Cc3ccc(Br)cc3)c(O)c12. The second-order valence-electron chi connectivity index (χ2n) is 5.27. The zero-order valence-electron chi connectivity index (χ0n) is 12.1. The van der Waals surface area contributed by atoms with Gasteiger partial charge in [0.15, 0.2) is 0 Å². The van der Waals surface area contributed by atoms with E-state index in [1.165, 1.54) is 0 Å². The largest absolute Gasteiger partial charge is 0.507 e. The fourth-order valence-corrected chi connectivity index (χ4v) is 2.89. The zero-order valence-corrected chi connectivity index (χ0v) is 13.7. The van der Waals surface area contributed by atoms with Crippen LogP contribution >= 0.6 is 15.9 Å². The standard InChI is InChI=1S/C19H15BrO2/c1-11-4-3-5-15-17(11)19(22)16(12(2)18(15)21)10-13-6-8-14(20)9-7-13/h3-10,21-22H,1H2,2H3. The Labute approximate surface area is 136 Å². The minimum atomic E-state index is 0.152. The first kappa shape index (κ1) is 14.7. The lowest BCUT2D eigenvalue weighted by molar-refractivity contribution is 0.462. The quantitative estimate of drug-likeness (QED) is 0.656. The molecule has 0 aromatic heterocycles. The van der Waals surface area contributed by atoms with Gasteiger partial charge in [-0.1, -0.05) is 52.8 Å². The van der Waals surface area contributed by atoms with Gasteiger partial charge in [0.25, 0.3) is 0 Å². The van der Waals surface area contributed by atoms with Crippen molar-refractivity contribution >= 4 is 39.4 Å². The van der Waals surface area contributed by atoms with Gasteiger partial charge in [-0.05, 0) is 35.9 Å². The third-order valence-corrected chi connectivity index (χ3v) is 4.37. The lowest BCUT2D eigenvalue weighted by Crippen LogP contribution is -2.11. The molecule has 0 unspecified atom stereocenters. The molecular formula is C19H15BrO2. The summed E-state index contributed by atoms with van der Waals surface area (Å²) in [5.41, 5.74) is 1.60. The molecule has 0 heterocycles. The molecule has 2 N–H and O–H groups in total. The Morgan fingerprint density at radius 2 is 1.68 bits per heavy atom. The van der Waals surface area contributed by atoms with Crippen molar-refractivity contribution in [2.24, 2.45) is 0 Å². The van der Waals surface area contributed by atoms with Crippen LogP contribution in [0.3, 0.4) is 0 Å². The molecule has 0 aliphatic heterocycles. The van der Waals surface area contributed by atoms with E-state index in [9.17, 15) is 10.2 Å². The number of phenolic OH excluding ortho intramolecular Hbond substituents is 2. The van der Waals surface area contributed by atoms with Gasteiger partial charge < -0.3 is 10.2 Å². The highest BCUT2D eigenvalue weighted by molar-refractivity contribution is 9.10. The zero-order chi connectivity index (χ0) is 15.9. The van der Waals surface area contributed by atoms with Crippen molar-refractivity contribution in [1.82, 2.24) is 0 Å². The Hall–Kier alpha value is -2.26. The topological polar surface area (TPSA) is 40.5 Å². The average molecular weight is 355 g/mol. The van der Waals surface area contributed by atoms with Crippen molar-refractivity contribution in [1.29, 1.82) is 0 Å². The van der Waals surface area contributed by atoms with Gasteiger partial charge in [-0.3, -0.25) is 0 Å². The van der Waals surface area contributed by atoms with Crippen LogP contribution in [0.1, 0.15) is 11.1 Å². The molecule has 0 atom stereocenters. The number of hydrogen-bond acceptors (Lipinski definition) is 2. The van der Waals surface area contributed by atoms with Crippen molar-refractivity contribution in [3.63, 3.8) is 0 Å². The van der Waals surface area contributed by atoms with Crippen LogP contribution in [0.25, 0.3) is 23.4 Å². The predicted octanol–water partition coefficient (Wildman–Crippen LogP) is 3.56. The van der Waals surface area contributed by atoms with Crippen LogP contribution in [-0.2, 0) is 0 Å². The molecule has 110 valence electrons. The summed E-state index contributed by atoms with van der Waals surface area (Å²) in [6.07, 6.45) is 1.86. The summed E-state index contributed by atoms with van der Waals surface area (Å²) in [4.78, 5) is 0. The molecule has 0 saturated heterocycles. The molecule has 22 heavy (non-hydrogen) atoms. The molecule has 0 radical (unpaired) electrons. The molecule has 0 aliphatic carbocycles. The van der Waals surface area contributed by atoms with Crippen molar-refractivity contribution < 1.29 is 10.2 Å². The lowest BCUT2D eigenvalue weighted by atomic mass is 9.99. The minimum Gasteiger partial charge on any atom is -0.507 e. The number of aromatic hydroxyl groups is 2. The number of benzene rings is 3. The molecule has 3 aromatic carbocycles. The van der Waals surface area contributed by atoms with E-state index in [4.69, 9.17) is 0 Å².